The van der Waals surface area contributed by atoms with Crippen molar-refractivity contribution in [1.29, 1.82) is 0 Å². The van der Waals surface area contributed by atoms with Gasteiger partial charge in [-0.1, -0.05) is 18.5 Å². The van der Waals surface area contributed by atoms with Gasteiger partial charge in [0.1, 0.15) is 0 Å². The molecule has 1 atom stereocenters. The fraction of sp³-hybridized carbons (Fsp3) is 0.600. The van der Waals surface area contributed by atoms with Crippen molar-refractivity contribution in [2.75, 3.05) is 0 Å². The first kappa shape index (κ1) is 5.76. The van der Waals surface area contributed by atoms with Crippen molar-refractivity contribution in [3.63, 3.8) is 0 Å². The number of rotatable bonds is 1. The minimum Gasteiger partial charge on any atom is -0.162 e. The lowest BCUT2D eigenvalue weighted by Crippen LogP contribution is -2.08. The monoisotopic (exact) mass is 130 g/mol. The second kappa shape index (κ2) is 1.86. The fourth-order valence-corrected chi connectivity index (χ4v) is 0.599. The maximum atomic E-state index is 5.81. The number of azo groups is 1. The molecular formula is C5H7ClN2. The van der Waals surface area contributed by atoms with Crippen LogP contribution in [0.15, 0.2) is 22.5 Å². The van der Waals surface area contributed by atoms with E-state index < -0.39 is 5.00 Å². The second-order valence-corrected chi connectivity index (χ2v) is 2.36. The molecule has 0 bridgehead atoms. The average Bonchev–Trinajstić information content (AvgIpc) is 2.17. The molecule has 1 heterocycles. The smallest absolute Gasteiger partial charge is 0.162 e. The van der Waals surface area contributed by atoms with Gasteiger partial charge in [0.05, 0.1) is 0 Å². The predicted octanol–water partition coefficient (Wildman–Crippen LogP) is 2.31. The van der Waals surface area contributed by atoms with Crippen LogP contribution in [0.2, 0.25) is 0 Å². The molecule has 1 aliphatic heterocycles. The quantitative estimate of drug-likeness (QED) is 0.385. The Hall–Kier alpha value is -0.370. The first-order valence-electron chi connectivity index (χ1n) is 2.55. The maximum absolute atomic E-state index is 5.81. The molecule has 0 aromatic rings. The molecule has 2 nitrogen and oxygen atoms in total. The third kappa shape index (κ3) is 0.892. The minimum absolute atomic E-state index is 0.514. The van der Waals surface area contributed by atoms with Gasteiger partial charge in [0.2, 0.25) is 0 Å². The van der Waals surface area contributed by atoms with Crippen molar-refractivity contribution in [1.82, 2.24) is 0 Å². The van der Waals surface area contributed by atoms with E-state index in [1.165, 1.54) is 0 Å². The Bertz CT molecular complexity index is 127. The van der Waals surface area contributed by atoms with Gasteiger partial charge in [-0.05, 0) is 12.5 Å². The van der Waals surface area contributed by atoms with Crippen LogP contribution in [-0.2, 0) is 0 Å². The molecule has 0 N–H and O–H groups in total. The summed E-state index contributed by atoms with van der Waals surface area (Å²) >= 11 is 5.81. The lowest BCUT2D eigenvalue weighted by Gasteiger charge is -2.07. The Morgan fingerprint density at radius 1 is 1.75 bits per heavy atom. The van der Waals surface area contributed by atoms with Crippen molar-refractivity contribution in [2.24, 2.45) is 10.2 Å². The van der Waals surface area contributed by atoms with E-state index >= 15 is 0 Å². The first-order chi connectivity index (χ1) is 3.77. The van der Waals surface area contributed by atoms with E-state index in [-0.39, 0.29) is 0 Å². The molecule has 0 fully saturated rings. The third-order valence-corrected chi connectivity index (χ3v) is 1.59. The van der Waals surface area contributed by atoms with Crippen LogP contribution < -0.4 is 0 Å². The molecule has 1 unspecified atom stereocenters. The van der Waals surface area contributed by atoms with Crippen molar-refractivity contribution in [3.05, 3.63) is 12.3 Å². The van der Waals surface area contributed by atoms with Gasteiger partial charge >= 0.3 is 0 Å². The Balaban J connectivity index is 2.69. The summed E-state index contributed by atoms with van der Waals surface area (Å²) in [5.74, 6) is 0. The van der Waals surface area contributed by atoms with Crippen LogP contribution in [0.1, 0.15) is 13.3 Å². The van der Waals surface area contributed by atoms with E-state index in [4.69, 9.17) is 11.6 Å². The van der Waals surface area contributed by atoms with Gasteiger partial charge < -0.3 is 0 Å². The van der Waals surface area contributed by atoms with Crippen LogP contribution in [0.3, 0.4) is 0 Å². The zero-order valence-electron chi connectivity index (χ0n) is 4.63. The highest BCUT2D eigenvalue weighted by Gasteiger charge is 2.22. The Morgan fingerprint density at radius 2 is 2.50 bits per heavy atom. The summed E-state index contributed by atoms with van der Waals surface area (Å²) in [4.78, 5) is -0.514. The summed E-state index contributed by atoms with van der Waals surface area (Å²) in [5.41, 5.74) is 0. The van der Waals surface area contributed by atoms with Crippen LogP contribution >= 0.6 is 11.6 Å². The summed E-state index contributed by atoms with van der Waals surface area (Å²) in [6, 6.07) is 0. The van der Waals surface area contributed by atoms with Crippen molar-refractivity contribution in [3.8, 4) is 0 Å². The molecule has 0 saturated heterocycles. The van der Waals surface area contributed by atoms with E-state index in [0.29, 0.717) is 0 Å². The molecule has 0 amide bonds. The summed E-state index contributed by atoms with van der Waals surface area (Å²) in [7, 11) is 0. The van der Waals surface area contributed by atoms with Gasteiger partial charge in [0.15, 0.2) is 5.00 Å². The number of alkyl halides is 1. The van der Waals surface area contributed by atoms with Gasteiger partial charge in [-0.25, -0.2) is 0 Å². The molecule has 3 heteroatoms. The Labute approximate surface area is 53.3 Å². The van der Waals surface area contributed by atoms with Crippen LogP contribution in [0.5, 0.6) is 0 Å². The fourth-order valence-electron chi connectivity index (χ4n) is 0.499. The standard InChI is InChI=1S/C5H7ClN2/c1-2-5(6)3-4-7-8-5/h3-4H,2H2,1H3. The normalized spacial score (nSPS) is 34.2. The van der Waals surface area contributed by atoms with Crippen LogP contribution in [-0.4, -0.2) is 5.00 Å². The van der Waals surface area contributed by atoms with E-state index in [9.17, 15) is 0 Å². The molecule has 8 heavy (non-hydrogen) atoms. The van der Waals surface area contributed by atoms with E-state index in [2.05, 4.69) is 10.2 Å². The molecule has 0 spiro atoms. The highest BCUT2D eigenvalue weighted by Crippen LogP contribution is 2.27. The number of hydrogen-bond acceptors (Lipinski definition) is 2. The Morgan fingerprint density at radius 3 is 2.75 bits per heavy atom. The first-order valence-corrected chi connectivity index (χ1v) is 2.93. The van der Waals surface area contributed by atoms with Crippen LogP contribution in [0.4, 0.5) is 0 Å². The summed E-state index contributed by atoms with van der Waals surface area (Å²) in [6.45, 7) is 1.97. The highest BCUT2D eigenvalue weighted by molar-refractivity contribution is 6.25. The molecule has 44 valence electrons. The van der Waals surface area contributed by atoms with Gasteiger partial charge in [-0.2, -0.15) is 10.2 Å². The maximum Gasteiger partial charge on any atom is 0.174 e. The van der Waals surface area contributed by atoms with E-state index in [0.717, 1.165) is 6.42 Å². The van der Waals surface area contributed by atoms with Crippen molar-refractivity contribution in [2.45, 2.75) is 18.3 Å². The summed E-state index contributed by atoms with van der Waals surface area (Å²) < 4.78 is 0. The second-order valence-electron chi connectivity index (χ2n) is 1.70. The predicted molar refractivity (Wildman–Crippen MR) is 32.9 cm³/mol. The third-order valence-electron chi connectivity index (χ3n) is 1.12. The largest absolute Gasteiger partial charge is 0.174 e. The van der Waals surface area contributed by atoms with Gasteiger partial charge in [0, 0.05) is 6.20 Å². The SMILES string of the molecule is CCC1(Cl)C=CN=N1. The molecule has 0 saturated carbocycles. The molecule has 0 radical (unpaired) electrons. The van der Waals surface area contributed by atoms with Gasteiger partial charge in [-0.3, -0.25) is 0 Å². The van der Waals surface area contributed by atoms with E-state index in [1.807, 2.05) is 6.92 Å². The van der Waals surface area contributed by atoms with Crippen molar-refractivity contribution >= 4 is 11.6 Å². The molecular weight excluding hydrogens is 124 g/mol. The molecule has 0 aromatic carbocycles. The summed E-state index contributed by atoms with van der Waals surface area (Å²) in [6.07, 6.45) is 4.21. The van der Waals surface area contributed by atoms with Crippen LogP contribution in [0.25, 0.3) is 0 Å². The number of nitrogens with zero attached hydrogens (tertiary/aromatic N) is 2. The lowest BCUT2D eigenvalue weighted by atomic mass is 10.2. The minimum atomic E-state index is -0.514. The zero-order valence-corrected chi connectivity index (χ0v) is 5.39. The van der Waals surface area contributed by atoms with Crippen molar-refractivity contribution < 1.29 is 0 Å². The molecule has 0 aliphatic carbocycles. The van der Waals surface area contributed by atoms with Crippen LogP contribution in [0, 0.1) is 0 Å². The highest BCUT2D eigenvalue weighted by atomic mass is 35.5. The van der Waals surface area contributed by atoms with E-state index in [1.54, 1.807) is 12.3 Å². The lowest BCUT2D eigenvalue weighted by molar-refractivity contribution is 0.695. The molecule has 1 aliphatic rings. The van der Waals surface area contributed by atoms with Gasteiger partial charge in [0.25, 0.3) is 0 Å². The topological polar surface area (TPSA) is 24.7 Å². The number of hydrogen-bond donors (Lipinski definition) is 0. The zero-order chi connectivity index (χ0) is 6.04. The number of halogens is 1. The molecule has 1 rings (SSSR count). The Kier molecular flexibility index (Phi) is 1.34. The summed E-state index contributed by atoms with van der Waals surface area (Å²) in [5, 5.41) is 7.39. The molecule has 0 aromatic heterocycles. The average molecular weight is 131 g/mol. The van der Waals surface area contributed by atoms with Gasteiger partial charge in [-0.15, -0.1) is 0 Å².